The van der Waals surface area contributed by atoms with Crippen LogP contribution in [-0.2, 0) is 85.7 Å². The highest BCUT2D eigenvalue weighted by molar-refractivity contribution is 5.77. The molecule has 10 atom stereocenters. The van der Waals surface area contributed by atoms with Crippen LogP contribution in [0, 0.1) is 0 Å². The summed E-state index contributed by atoms with van der Waals surface area (Å²) in [7, 11) is 0. The molecule has 0 bridgehead atoms. The molecule has 0 aromatic carbocycles. The number of ether oxygens (including phenoxy) is 10. The van der Waals surface area contributed by atoms with Crippen molar-refractivity contribution in [3.63, 3.8) is 0 Å². The number of carbonyl (C=O) groups is 8. The van der Waals surface area contributed by atoms with E-state index in [0.29, 0.717) is 25.7 Å². The molecule has 0 aromatic heterocycles. The molecule has 56 heavy (non-hydrogen) atoms. The van der Waals surface area contributed by atoms with Gasteiger partial charge >= 0.3 is 35.8 Å². The maximum absolute atomic E-state index is 12.4. The molecule has 2 rings (SSSR count). The van der Waals surface area contributed by atoms with Gasteiger partial charge < -0.3 is 68.2 Å². The molecular weight excluding hydrogens is 756 g/mol. The van der Waals surface area contributed by atoms with E-state index in [1.165, 1.54) is 0 Å². The zero-order valence-corrected chi connectivity index (χ0v) is 32.1. The minimum Gasteiger partial charge on any atom is -0.463 e. The number of amides is 2. The first-order valence-electron chi connectivity index (χ1n) is 17.8. The number of nitrogens with one attached hydrogen (secondary N) is 2. The van der Waals surface area contributed by atoms with E-state index in [9.17, 15) is 48.6 Å². The van der Waals surface area contributed by atoms with Gasteiger partial charge in [-0.05, 0) is 12.8 Å². The normalized spacial score (nSPS) is 27.1. The highest BCUT2D eigenvalue weighted by atomic mass is 16.7. The lowest BCUT2D eigenvalue weighted by Crippen LogP contribution is -2.62. The van der Waals surface area contributed by atoms with Crippen LogP contribution in [0.15, 0.2) is 0 Å². The number of aliphatic hydroxyl groups excluding tert-OH is 2. The Labute approximate surface area is 322 Å². The Morgan fingerprint density at radius 2 is 0.804 bits per heavy atom. The van der Waals surface area contributed by atoms with Crippen molar-refractivity contribution in [3.8, 4) is 0 Å². The van der Waals surface area contributed by atoms with Crippen molar-refractivity contribution in [3.05, 3.63) is 0 Å². The molecule has 22 nitrogen and oxygen atoms in total. The van der Waals surface area contributed by atoms with Crippen molar-refractivity contribution in [2.24, 2.45) is 0 Å². The fraction of sp³-hybridized carbons (Fsp3) is 0.765. The van der Waals surface area contributed by atoms with Crippen LogP contribution in [0.3, 0.4) is 0 Å². The van der Waals surface area contributed by atoms with Gasteiger partial charge in [-0.15, -0.1) is 0 Å². The Bertz CT molecular complexity index is 1260. The largest absolute Gasteiger partial charge is 0.463 e. The second kappa shape index (κ2) is 24.2. The average Bonchev–Trinajstić information content (AvgIpc) is 3.09. The van der Waals surface area contributed by atoms with Crippen LogP contribution in [0.1, 0.15) is 67.2 Å². The first kappa shape index (κ1) is 47.7. The fourth-order valence-electron chi connectivity index (χ4n) is 5.53. The molecule has 2 aliphatic heterocycles. The second-order valence-corrected chi connectivity index (χ2v) is 12.7. The summed E-state index contributed by atoms with van der Waals surface area (Å²) in [6, 6.07) is 0. The van der Waals surface area contributed by atoms with Gasteiger partial charge in [0.25, 0.3) is 0 Å². The van der Waals surface area contributed by atoms with Crippen molar-refractivity contribution in [1.29, 1.82) is 0 Å². The lowest BCUT2D eigenvalue weighted by atomic mass is 9.98. The van der Waals surface area contributed by atoms with Crippen LogP contribution < -0.4 is 10.6 Å². The molecule has 2 fully saturated rings. The molecule has 0 radical (unpaired) electrons. The van der Waals surface area contributed by atoms with Crippen LogP contribution in [0.25, 0.3) is 0 Å². The van der Waals surface area contributed by atoms with E-state index in [1.807, 2.05) is 0 Å². The van der Waals surface area contributed by atoms with Gasteiger partial charge in [-0.1, -0.05) is 12.8 Å². The van der Waals surface area contributed by atoms with Crippen molar-refractivity contribution in [2.45, 2.75) is 129 Å². The Morgan fingerprint density at radius 1 is 0.482 bits per heavy atom. The summed E-state index contributed by atoms with van der Waals surface area (Å²) >= 11 is 0. The van der Waals surface area contributed by atoms with E-state index in [2.05, 4.69) is 10.6 Å². The summed E-state index contributed by atoms with van der Waals surface area (Å²) in [6.45, 7) is 5.17. The number of carbonyl (C=O) groups excluding carboxylic acids is 8. The number of unbranched alkanes of at least 4 members (excludes halogenated alkanes) is 3. The molecule has 22 heteroatoms. The molecule has 0 unspecified atom stereocenters. The number of hydrogen-bond donors (Lipinski definition) is 4. The molecular formula is C34H52N2O20. The molecule has 2 amide bonds. The maximum Gasteiger partial charge on any atom is 0.303 e. The van der Waals surface area contributed by atoms with Gasteiger partial charge in [0.1, 0.15) is 50.8 Å². The molecule has 2 aliphatic rings. The van der Waals surface area contributed by atoms with Crippen LogP contribution in [0.2, 0.25) is 0 Å². The summed E-state index contributed by atoms with van der Waals surface area (Å²) in [6.07, 6.45) is -11.9. The number of rotatable bonds is 21. The van der Waals surface area contributed by atoms with Gasteiger partial charge in [-0.2, -0.15) is 0 Å². The van der Waals surface area contributed by atoms with Gasteiger partial charge in [-0.25, -0.2) is 0 Å². The van der Waals surface area contributed by atoms with Gasteiger partial charge in [-0.3, -0.25) is 38.4 Å². The number of hydrogen-bond acceptors (Lipinski definition) is 20. The highest BCUT2D eigenvalue weighted by Gasteiger charge is 2.51. The Balaban J connectivity index is 1.74. The third-order valence-electron chi connectivity index (χ3n) is 7.84. The Morgan fingerprint density at radius 3 is 1.11 bits per heavy atom. The van der Waals surface area contributed by atoms with E-state index in [-0.39, 0.29) is 13.1 Å². The summed E-state index contributed by atoms with van der Waals surface area (Å²) in [5.74, 6) is -5.62. The van der Waals surface area contributed by atoms with Gasteiger partial charge in [0.15, 0.2) is 37.0 Å². The number of esters is 6. The van der Waals surface area contributed by atoms with E-state index in [4.69, 9.17) is 47.4 Å². The monoisotopic (exact) mass is 808 g/mol. The van der Waals surface area contributed by atoms with Crippen LogP contribution in [-0.4, -0.2) is 159 Å². The SMILES string of the molecule is CC(=O)OC[C@H]1O[C@H](OCC(=O)NCCCCCCNC(=O)CO[C@H]2O[C@H](COC(C)=O)[C@@H](OC(C)=O)[C@H](OC(C)=O)[C@H]2O)[C@H](O)[C@@H](OC(C)=O)[C@@H]1OC(C)=O. The summed E-state index contributed by atoms with van der Waals surface area (Å²) < 4.78 is 52.7. The predicted molar refractivity (Wildman–Crippen MR) is 181 cm³/mol. The van der Waals surface area contributed by atoms with Crippen LogP contribution >= 0.6 is 0 Å². The Hall–Kier alpha value is -4.48. The van der Waals surface area contributed by atoms with E-state index in [0.717, 1.165) is 41.5 Å². The van der Waals surface area contributed by atoms with Crippen molar-refractivity contribution < 1.29 is 95.9 Å². The Kier molecular flexibility index (Phi) is 20.6. The van der Waals surface area contributed by atoms with Gasteiger partial charge in [0.05, 0.1) is 0 Å². The van der Waals surface area contributed by atoms with E-state index < -0.39 is 135 Å². The summed E-state index contributed by atoms with van der Waals surface area (Å²) in [5.41, 5.74) is 0. The standard InChI is InChI=1S/C34H52N2O20/c1-17(37)47-13-23-29(51-19(3)39)31(53-21(5)41)27(45)33(55-23)49-15-25(43)35-11-9-7-8-10-12-36-26(44)16-50-34-28(46)32(54-22(6)42)30(52-20(4)40)24(56-34)14-48-18(2)38/h23-24,27-34,45-46H,7-16H2,1-6H3,(H,35,43)(H,36,44)/t23-,24-,27-,28-,29-,30-,31-,32-,33+,34+/m1/s1. The molecule has 2 heterocycles. The second-order valence-electron chi connectivity index (χ2n) is 12.7. The fourth-order valence-corrected chi connectivity index (χ4v) is 5.53. The maximum atomic E-state index is 12.4. The van der Waals surface area contributed by atoms with Gasteiger partial charge in [0.2, 0.25) is 11.8 Å². The average molecular weight is 809 g/mol. The van der Waals surface area contributed by atoms with Gasteiger partial charge in [0, 0.05) is 54.6 Å². The highest BCUT2D eigenvalue weighted by Crippen LogP contribution is 2.29. The third-order valence-corrected chi connectivity index (χ3v) is 7.84. The number of aliphatic hydroxyl groups is 2. The molecule has 0 spiro atoms. The predicted octanol–water partition coefficient (Wildman–Crippen LogP) is -2.16. The minimum absolute atomic E-state index is 0.269. The summed E-state index contributed by atoms with van der Waals surface area (Å²) in [4.78, 5) is 94.4. The zero-order valence-electron chi connectivity index (χ0n) is 32.1. The van der Waals surface area contributed by atoms with Crippen LogP contribution in [0.4, 0.5) is 0 Å². The zero-order chi connectivity index (χ0) is 41.9. The van der Waals surface area contributed by atoms with Crippen LogP contribution in [0.5, 0.6) is 0 Å². The molecule has 0 saturated carbocycles. The van der Waals surface area contributed by atoms with E-state index >= 15 is 0 Å². The molecule has 4 N–H and O–H groups in total. The van der Waals surface area contributed by atoms with Crippen molar-refractivity contribution in [1.82, 2.24) is 10.6 Å². The molecule has 318 valence electrons. The summed E-state index contributed by atoms with van der Waals surface area (Å²) in [5, 5.41) is 26.9. The quantitative estimate of drug-likeness (QED) is 0.0545. The molecule has 2 saturated heterocycles. The minimum atomic E-state index is -1.67. The lowest BCUT2D eigenvalue weighted by Gasteiger charge is -2.42. The molecule has 0 aromatic rings. The topological polar surface area (TPSA) is 293 Å². The molecule has 0 aliphatic carbocycles. The first-order valence-corrected chi connectivity index (χ1v) is 17.8. The third kappa shape index (κ3) is 17.1. The first-order chi connectivity index (χ1) is 26.4. The smallest absolute Gasteiger partial charge is 0.303 e. The van der Waals surface area contributed by atoms with Crippen molar-refractivity contribution >= 4 is 47.6 Å². The van der Waals surface area contributed by atoms with E-state index in [1.54, 1.807) is 0 Å². The lowest BCUT2D eigenvalue weighted by molar-refractivity contribution is -0.304. The van der Waals surface area contributed by atoms with Crippen molar-refractivity contribution in [2.75, 3.05) is 39.5 Å².